The lowest BCUT2D eigenvalue weighted by Gasteiger charge is -2.31. The summed E-state index contributed by atoms with van der Waals surface area (Å²) in [5, 5.41) is 3.83. The van der Waals surface area contributed by atoms with Gasteiger partial charge < -0.3 is 10.3 Å². The molecule has 1 aliphatic heterocycles. The molecule has 4 rings (SSSR count). The van der Waals surface area contributed by atoms with Crippen molar-refractivity contribution in [3.8, 4) is 0 Å². The molecule has 2 N–H and O–H groups in total. The zero-order valence-electron chi connectivity index (χ0n) is 14.8. The predicted molar refractivity (Wildman–Crippen MR) is 102 cm³/mol. The summed E-state index contributed by atoms with van der Waals surface area (Å²) in [6, 6.07) is 11.3. The fourth-order valence-corrected chi connectivity index (χ4v) is 3.86. The molecule has 0 atom stereocenters. The lowest BCUT2D eigenvalue weighted by atomic mass is 9.89. The number of nitrogens with one attached hydrogen (secondary N) is 2. The summed E-state index contributed by atoms with van der Waals surface area (Å²) in [6.45, 7) is 1.85. The summed E-state index contributed by atoms with van der Waals surface area (Å²) in [4.78, 5) is 17.6. The first kappa shape index (κ1) is 17.7. The van der Waals surface area contributed by atoms with E-state index in [1.54, 1.807) is 0 Å². The number of H-pyrrole nitrogens is 1. The first-order chi connectivity index (χ1) is 13.1. The third-order valence-corrected chi connectivity index (χ3v) is 5.16. The first-order valence-corrected chi connectivity index (χ1v) is 9.13. The Morgan fingerprint density at radius 3 is 2.56 bits per heavy atom. The molecule has 0 radical (unpaired) electrons. The molecule has 0 unspecified atom stereocenters. The molecule has 1 fully saturated rings. The van der Waals surface area contributed by atoms with Crippen LogP contribution in [0.2, 0.25) is 0 Å². The Bertz CT molecular complexity index is 941. The smallest absolute Gasteiger partial charge is 0.238 e. The highest BCUT2D eigenvalue weighted by atomic mass is 19.1. The predicted octanol–water partition coefficient (Wildman–Crippen LogP) is 4.26. The van der Waals surface area contributed by atoms with Gasteiger partial charge in [0.15, 0.2) is 0 Å². The molecule has 0 bridgehead atoms. The van der Waals surface area contributed by atoms with Gasteiger partial charge in [0.2, 0.25) is 5.91 Å². The van der Waals surface area contributed by atoms with E-state index in [9.17, 15) is 13.6 Å². The van der Waals surface area contributed by atoms with Gasteiger partial charge in [0.1, 0.15) is 11.6 Å². The number of anilines is 1. The van der Waals surface area contributed by atoms with Gasteiger partial charge in [-0.15, -0.1) is 0 Å². The minimum absolute atomic E-state index is 0.145. The van der Waals surface area contributed by atoms with Crippen LogP contribution in [-0.2, 0) is 4.79 Å². The number of carbonyl (C=O) groups is 1. The van der Waals surface area contributed by atoms with Crippen molar-refractivity contribution in [1.82, 2.24) is 9.88 Å². The van der Waals surface area contributed by atoms with Crippen LogP contribution in [0.15, 0.2) is 48.7 Å². The number of halogens is 2. The molecule has 1 amide bonds. The van der Waals surface area contributed by atoms with Crippen molar-refractivity contribution in [2.75, 3.05) is 25.0 Å². The largest absolute Gasteiger partial charge is 0.361 e. The van der Waals surface area contributed by atoms with E-state index in [1.807, 2.05) is 12.1 Å². The number of aromatic nitrogens is 1. The second-order valence-electron chi connectivity index (χ2n) is 7.05. The third-order valence-electron chi connectivity index (χ3n) is 5.16. The van der Waals surface area contributed by atoms with Crippen molar-refractivity contribution in [3.05, 3.63) is 65.9 Å². The molecule has 1 saturated heterocycles. The Hall–Kier alpha value is -2.73. The fourth-order valence-electron chi connectivity index (χ4n) is 3.86. The lowest BCUT2D eigenvalue weighted by Crippen LogP contribution is -2.38. The van der Waals surface area contributed by atoms with Crippen molar-refractivity contribution in [1.29, 1.82) is 0 Å². The molecular formula is C21H21F2N3O. The van der Waals surface area contributed by atoms with Crippen molar-refractivity contribution in [3.63, 3.8) is 0 Å². The number of hydrogen-bond acceptors (Lipinski definition) is 2. The molecule has 0 saturated carbocycles. The number of benzene rings is 2. The maximum Gasteiger partial charge on any atom is 0.238 e. The van der Waals surface area contributed by atoms with Gasteiger partial charge in [0.05, 0.1) is 6.54 Å². The van der Waals surface area contributed by atoms with Crippen LogP contribution in [0.3, 0.4) is 0 Å². The summed E-state index contributed by atoms with van der Waals surface area (Å²) in [5.41, 5.74) is 2.63. The van der Waals surface area contributed by atoms with Crippen LogP contribution in [0.25, 0.3) is 10.9 Å². The van der Waals surface area contributed by atoms with Crippen LogP contribution in [-0.4, -0.2) is 35.4 Å². The Morgan fingerprint density at radius 1 is 1.11 bits per heavy atom. The minimum atomic E-state index is -0.704. The van der Waals surface area contributed by atoms with E-state index in [0.29, 0.717) is 5.92 Å². The number of rotatable bonds is 4. The van der Waals surface area contributed by atoms with Crippen molar-refractivity contribution in [2.45, 2.75) is 18.8 Å². The Kier molecular flexibility index (Phi) is 4.90. The first-order valence-electron chi connectivity index (χ1n) is 9.13. The van der Waals surface area contributed by atoms with Crippen LogP contribution in [0.4, 0.5) is 14.5 Å². The number of piperidine rings is 1. The minimum Gasteiger partial charge on any atom is -0.361 e. The van der Waals surface area contributed by atoms with E-state index in [0.717, 1.165) is 49.6 Å². The number of nitrogens with zero attached hydrogens (tertiary/aromatic N) is 1. The van der Waals surface area contributed by atoms with Gasteiger partial charge in [-0.1, -0.05) is 18.2 Å². The van der Waals surface area contributed by atoms with E-state index in [-0.39, 0.29) is 18.1 Å². The van der Waals surface area contributed by atoms with Crippen molar-refractivity contribution in [2.24, 2.45) is 0 Å². The highest BCUT2D eigenvalue weighted by molar-refractivity contribution is 5.92. The highest BCUT2D eigenvalue weighted by Crippen LogP contribution is 2.33. The number of hydrogen-bond donors (Lipinski definition) is 2. The summed E-state index contributed by atoms with van der Waals surface area (Å²) in [6.07, 6.45) is 4.05. The molecule has 6 heteroatoms. The number of carbonyl (C=O) groups excluding carboxylic acids is 1. The topological polar surface area (TPSA) is 48.1 Å². The third kappa shape index (κ3) is 4.01. The van der Waals surface area contributed by atoms with Crippen LogP contribution in [0, 0.1) is 11.6 Å². The molecule has 1 aromatic heterocycles. The van der Waals surface area contributed by atoms with Crippen molar-refractivity contribution < 1.29 is 13.6 Å². The second kappa shape index (κ2) is 7.48. The van der Waals surface area contributed by atoms with Crippen molar-refractivity contribution >= 4 is 22.5 Å². The molecule has 1 aliphatic rings. The maximum absolute atomic E-state index is 13.2. The average molecular weight is 369 g/mol. The lowest BCUT2D eigenvalue weighted by molar-refractivity contribution is -0.117. The number of amides is 1. The summed E-state index contributed by atoms with van der Waals surface area (Å²) in [5.74, 6) is -1.20. The van der Waals surface area contributed by atoms with E-state index >= 15 is 0 Å². The van der Waals surface area contributed by atoms with Gasteiger partial charge >= 0.3 is 0 Å². The average Bonchev–Trinajstić information content (AvgIpc) is 3.05. The molecule has 0 spiro atoms. The SMILES string of the molecule is O=C(CN1CCC(c2c[nH]c3ccccc23)CC1)Nc1cc(F)cc(F)c1. The zero-order valence-corrected chi connectivity index (χ0v) is 14.8. The van der Waals surface area contributed by atoms with E-state index in [1.165, 1.54) is 10.9 Å². The Labute approximate surface area is 156 Å². The van der Waals surface area contributed by atoms with E-state index in [4.69, 9.17) is 0 Å². The van der Waals surface area contributed by atoms with E-state index < -0.39 is 11.6 Å². The zero-order chi connectivity index (χ0) is 18.8. The van der Waals surface area contributed by atoms with Gasteiger partial charge in [-0.05, 0) is 55.6 Å². The normalized spacial score (nSPS) is 15.9. The molecule has 2 heterocycles. The number of para-hydroxylation sites is 1. The van der Waals surface area contributed by atoms with Gasteiger partial charge in [0.25, 0.3) is 0 Å². The Balaban J connectivity index is 1.33. The molecule has 27 heavy (non-hydrogen) atoms. The molecule has 4 nitrogen and oxygen atoms in total. The number of likely N-dealkylation sites (tertiary alicyclic amines) is 1. The van der Waals surface area contributed by atoms with Gasteiger partial charge in [0, 0.05) is 28.9 Å². The molecular weight excluding hydrogens is 348 g/mol. The van der Waals surface area contributed by atoms with Gasteiger partial charge in [-0.2, -0.15) is 0 Å². The molecule has 140 valence electrons. The quantitative estimate of drug-likeness (QED) is 0.722. The van der Waals surface area contributed by atoms with Crippen LogP contribution >= 0.6 is 0 Å². The van der Waals surface area contributed by atoms with Crippen LogP contribution < -0.4 is 5.32 Å². The monoisotopic (exact) mass is 369 g/mol. The maximum atomic E-state index is 13.2. The highest BCUT2D eigenvalue weighted by Gasteiger charge is 2.24. The molecule has 3 aromatic rings. The van der Waals surface area contributed by atoms with Crippen LogP contribution in [0.5, 0.6) is 0 Å². The summed E-state index contributed by atoms with van der Waals surface area (Å²) in [7, 11) is 0. The molecule has 2 aromatic carbocycles. The molecule has 0 aliphatic carbocycles. The summed E-state index contributed by atoms with van der Waals surface area (Å²) < 4.78 is 26.4. The second-order valence-corrected chi connectivity index (χ2v) is 7.05. The standard InChI is InChI=1S/C21H21F2N3O/c22-15-9-16(23)11-17(10-15)25-21(27)13-26-7-5-14(6-8-26)19-12-24-20-4-2-1-3-18(19)20/h1-4,9-12,14,24H,5-8,13H2,(H,25,27). The summed E-state index contributed by atoms with van der Waals surface area (Å²) >= 11 is 0. The van der Waals surface area contributed by atoms with Gasteiger partial charge in [-0.25, -0.2) is 8.78 Å². The van der Waals surface area contributed by atoms with Crippen LogP contribution in [0.1, 0.15) is 24.3 Å². The van der Waals surface area contributed by atoms with E-state index in [2.05, 4.69) is 33.5 Å². The Morgan fingerprint density at radius 2 is 1.81 bits per heavy atom. The number of fused-ring (bicyclic) bond motifs is 1. The van der Waals surface area contributed by atoms with Gasteiger partial charge in [-0.3, -0.25) is 9.69 Å². The fraction of sp³-hybridized carbons (Fsp3) is 0.286. The number of aromatic amines is 1.